The first-order valence-electron chi connectivity index (χ1n) is 7.85. The summed E-state index contributed by atoms with van der Waals surface area (Å²) in [5.41, 5.74) is -1.30. The third-order valence-electron chi connectivity index (χ3n) is 3.45. The lowest BCUT2D eigenvalue weighted by atomic mass is 9.87. The molecule has 1 N–H and O–H groups in total. The third-order valence-corrected chi connectivity index (χ3v) is 3.45. The van der Waals surface area contributed by atoms with E-state index in [-0.39, 0.29) is 22.9 Å². The molecule has 1 rings (SSSR count). The number of benzene rings is 1. The normalized spacial score (nSPS) is 11.9. The lowest BCUT2D eigenvalue weighted by Crippen LogP contribution is -2.44. The van der Waals surface area contributed by atoms with Crippen LogP contribution in [0.2, 0.25) is 0 Å². The zero-order valence-corrected chi connectivity index (χ0v) is 15.9. The number of anilines is 1. The molecule has 148 valence electrons. The second-order valence-electron chi connectivity index (χ2n) is 6.57. The van der Waals surface area contributed by atoms with Gasteiger partial charge in [0.2, 0.25) is 6.10 Å². The number of methoxy groups -OCH3 is 2. The second-order valence-corrected chi connectivity index (χ2v) is 6.57. The summed E-state index contributed by atoms with van der Waals surface area (Å²) in [7, 11) is 2.48. The number of carbonyl (C=O) groups excluding carboxylic acids is 3. The van der Waals surface area contributed by atoms with Gasteiger partial charge in [-0.2, -0.15) is 0 Å². The maximum absolute atomic E-state index is 12.6. The lowest BCUT2D eigenvalue weighted by Gasteiger charge is -2.23. The van der Waals surface area contributed by atoms with Crippen molar-refractivity contribution < 1.29 is 33.5 Å². The van der Waals surface area contributed by atoms with Crippen LogP contribution in [-0.4, -0.2) is 42.9 Å². The van der Waals surface area contributed by atoms with Crippen LogP contribution < -0.4 is 14.8 Å². The largest absolute Gasteiger partial charge is 0.494 e. The molecule has 1 aromatic rings. The van der Waals surface area contributed by atoms with Gasteiger partial charge in [0.15, 0.2) is 11.5 Å². The fourth-order valence-electron chi connectivity index (χ4n) is 2.11. The monoisotopic (exact) mass is 382 g/mol. The van der Waals surface area contributed by atoms with Crippen molar-refractivity contribution >= 4 is 29.0 Å². The summed E-state index contributed by atoms with van der Waals surface area (Å²) in [6, 6.07) is 2.25. The molecule has 0 fully saturated rings. The summed E-state index contributed by atoms with van der Waals surface area (Å²) in [6.45, 7) is 5.81. The molecule has 0 aliphatic rings. The maximum Gasteiger partial charge on any atom is 0.314 e. The van der Waals surface area contributed by atoms with Crippen molar-refractivity contribution in [3.63, 3.8) is 0 Å². The summed E-state index contributed by atoms with van der Waals surface area (Å²) >= 11 is 0. The van der Waals surface area contributed by atoms with Crippen LogP contribution in [0.5, 0.6) is 11.5 Å². The fraction of sp³-hybridized carbons (Fsp3) is 0.471. The summed E-state index contributed by atoms with van der Waals surface area (Å²) < 4.78 is 14.9. The third kappa shape index (κ3) is 5.40. The fourth-order valence-corrected chi connectivity index (χ4v) is 2.11. The number of nitro groups is 1. The molecule has 0 radical (unpaired) electrons. The number of ketones is 1. The molecule has 27 heavy (non-hydrogen) atoms. The van der Waals surface area contributed by atoms with Crippen LogP contribution >= 0.6 is 0 Å². The quantitative estimate of drug-likeness (QED) is 0.328. The highest BCUT2D eigenvalue weighted by Gasteiger charge is 2.37. The van der Waals surface area contributed by atoms with Gasteiger partial charge in [-0.3, -0.25) is 24.5 Å². The zero-order valence-electron chi connectivity index (χ0n) is 15.9. The SMILES string of the molecule is COc1cc([N+](=O)[O-])c(OC)cc1NC(=O)C(OC(C)=O)C(=O)C(C)(C)C. The molecular weight excluding hydrogens is 360 g/mol. The number of nitrogens with one attached hydrogen (secondary N) is 1. The average molecular weight is 382 g/mol. The van der Waals surface area contributed by atoms with Crippen LogP contribution in [0.1, 0.15) is 27.7 Å². The molecule has 0 saturated heterocycles. The van der Waals surface area contributed by atoms with Crippen molar-refractivity contribution in [3.8, 4) is 11.5 Å². The van der Waals surface area contributed by atoms with Gasteiger partial charge in [-0.25, -0.2) is 0 Å². The number of nitrogens with zero attached hydrogens (tertiary/aromatic N) is 1. The van der Waals surface area contributed by atoms with Crippen molar-refractivity contribution in [2.45, 2.75) is 33.8 Å². The van der Waals surface area contributed by atoms with E-state index in [4.69, 9.17) is 14.2 Å². The molecule has 0 aromatic heterocycles. The van der Waals surface area contributed by atoms with Crippen LogP contribution in [0.4, 0.5) is 11.4 Å². The zero-order chi connectivity index (χ0) is 20.9. The van der Waals surface area contributed by atoms with Crippen LogP contribution in [0.15, 0.2) is 12.1 Å². The van der Waals surface area contributed by atoms with Crippen LogP contribution in [0.25, 0.3) is 0 Å². The highest BCUT2D eigenvalue weighted by Crippen LogP contribution is 2.37. The molecule has 0 aliphatic heterocycles. The van der Waals surface area contributed by atoms with Crippen LogP contribution in [-0.2, 0) is 19.1 Å². The van der Waals surface area contributed by atoms with Gasteiger partial charge in [0, 0.05) is 18.4 Å². The number of hydrogen-bond donors (Lipinski definition) is 1. The highest BCUT2D eigenvalue weighted by atomic mass is 16.6. The number of ether oxygens (including phenoxy) is 3. The van der Waals surface area contributed by atoms with Crippen molar-refractivity contribution in [3.05, 3.63) is 22.2 Å². The Morgan fingerprint density at radius 1 is 1.11 bits per heavy atom. The van der Waals surface area contributed by atoms with E-state index in [0.717, 1.165) is 13.0 Å². The smallest absolute Gasteiger partial charge is 0.314 e. The van der Waals surface area contributed by atoms with Gasteiger partial charge in [0.05, 0.1) is 30.9 Å². The van der Waals surface area contributed by atoms with Gasteiger partial charge in [0.1, 0.15) is 5.75 Å². The predicted octanol–water partition coefficient (Wildman–Crippen LogP) is 2.10. The summed E-state index contributed by atoms with van der Waals surface area (Å²) in [5, 5.41) is 13.5. The minimum Gasteiger partial charge on any atom is -0.494 e. The Hall–Kier alpha value is -3.17. The van der Waals surface area contributed by atoms with Gasteiger partial charge in [0.25, 0.3) is 5.91 Å². The number of carbonyl (C=O) groups is 3. The first-order chi connectivity index (χ1) is 12.4. The van der Waals surface area contributed by atoms with E-state index in [9.17, 15) is 24.5 Å². The van der Waals surface area contributed by atoms with E-state index in [1.54, 1.807) is 20.8 Å². The molecule has 0 aliphatic carbocycles. The Labute approximate surface area is 155 Å². The minimum atomic E-state index is -1.69. The Bertz CT molecular complexity index is 767. The van der Waals surface area contributed by atoms with Gasteiger partial charge in [-0.05, 0) is 0 Å². The summed E-state index contributed by atoms with van der Waals surface area (Å²) in [4.78, 5) is 46.8. The van der Waals surface area contributed by atoms with Gasteiger partial charge in [-0.1, -0.05) is 20.8 Å². The number of rotatable bonds is 7. The molecule has 1 aromatic carbocycles. The van der Waals surface area contributed by atoms with Gasteiger partial charge in [-0.15, -0.1) is 0 Å². The lowest BCUT2D eigenvalue weighted by molar-refractivity contribution is -0.385. The van der Waals surface area contributed by atoms with Crippen LogP contribution in [0.3, 0.4) is 0 Å². The number of nitro benzene ring substituents is 1. The number of esters is 1. The van der Waals surface area contributed by atoms with Gasteiger partial charge < -0.3 is 19.5 Å². The highest BCUT2D eigenvalue weighted by molar-refractivity contribution is 6.12. The van der Waals surface area contributed by atoms with E-state index in [1.165, 1.54) is 20.3 Å². The topological polar surface area (TPSA) is 134 Å². The number of amides is 1. The first-order valence-corrected chi connectivity index (χ1v) is 7.85. The van der Waals surface area contributed by atoms with Gasteiger partial charge >= 0.3 is 11.7 Å². The first kappa shape index (κ1) is 21.9. The van der Waals surface area contributed by atoms with Crippen molar-refractivity contribution in [1.29, 1.82) is 0 Å². The van der Waals surface area contributed by atoms with E-state index in [1.807, 2.05) is 0 Å². The molecular formula is C17H22N2O8. The Kier molecular flexibility index (Phi) is 6.87. The predicted molar refractivity (Wildman–Crippen MR) is 94.8 cm³/mol. The molecule has 1 atom stereocenters. The van der Waals surface area contributed by atoms with Crippen molar-refractivity contribution in [2.24, 2.45) is 5.41 Å². The average Bonchev–Trinajstić information content (AvgIpc) is 2.57. The molecule has 1 unspecified atom stereocenters. The molecule has 0 heterocycles. The van der Waals surface area contributed by atoms with E-state index >= 15 is 0 Å². The van der Waals surface area contributed by atoms with Crippen molar-refractivity contribution in [2.75, 3.05) is 19.5 Å². The summed E-state index contributed by atoms with van der Waals surface area (Å²) in [5.74, 6) is -2.48. The molecule has 1 amide bonds. The minimum absolute atomic E-state index is 0.0174. The Morgan fingerprint density at radius 2 is 1.67 bits per heavy atom. The van der Waals surface area contributed by atoms with E-state index in [0.29, 0.717) is 0 Å². The Morgan fingerprint density at radius 3 is 2.07 bits per heavy atom. The molecule has 10 heteroatoms. The molecule has 10 nitrogen and oxygen atoms in total. The second kappa shape index (κ2) is 8.47. The molecule has 0 saturated carbocycles. The van der Waals surface area contributed by atoms with E-state index < -0.39 is 34.1 Å². The van der Waals surface area contributed by atoms with Crippen molar-refractivity contribution in [1.82, 2.24) is 0 Å². The molecule has 0 spiro atoms. The van der Waals surface area contributed by atoms with E-state index in [2.05, 4.69) is 5.32 Å². The maximum atomic E-state index is 12.6. The van der Waals surface area contributed by atoms with Crippen LogP contribution in [0, 0.1) is 15.5 Å². The number of hydrogen-bond acceptors (Lipinski definition) is 8. The Balaban J connectivity index is 3.30. The number of Topliss-reactive ketones (excluding diaryl/α,β-unsaturated/α-hetero) is 1. The standard InChI is InChI=1S/C17H22N2O8/c1-9(20)27-14(15(21)17(2,3)4)16(22)18-10-7-13(26-6)11(19(23)24)8-12(10)25-5/h7-8,14H,1-6H3,(H,18,22). The summed E-state index contributed by atoms with van der Waals surface area (Å²) in [6.07, 6.45) is -1.69. The molecule has 0 bridgehead atoms.